The van der Waals surface area contributed by atoms with Crippen LogP contribution in [0.3, 0.4) is 0 Å². The fourth-order valence-corrected chi connectivity index (χ4v) is 3.83. The van der Waals surface area contributed by atoms with Crippen molar-refractivity contribution >= 4 is 28.6 Å². The molecule has 0 saturated carbocycles. The second-order valence-corrected chi connectivity index (χ2v) is 7.94. The topological polar surface area (TPSA) is 110 Å². The fraction of sp³-hybridized carbons (Fsp3) is 0.0909. The van der Waals surface area contributed by atoms with Crippen LogP contribution in [0.25, 0.3) is 10.6 Å². The van der Waals surface area contributed by atoms with Gasteiger partial charge in [-0.1, -0.05) is 12.1 Å². The Morgan fingerprint density at radius 2 is 1.84 bits per heavy atom. The number of aryl methyl sites for hydroxylation is 2. The third kappa shape index (κ3) is 4.78. The summed E-state index contributed by atoms with van der Waals surface area (Å²) in [5.74, 6) is 0.316. The Labute approximate surface area is 181 Å². The van der Waals surface area contributed by atoms with E-state index in [-0.39, 0.29) is 22.8 Å². The highest BCUT2D eigenvalue weighted by molar-refractivity contribution is 7.13. The third-order valence-electron chi connectivity index (χ3n) is 4.39. The Hall–Kier alpha value is -3.98. The van der Waals surface area contributed by atoms with E-state index in [0.29, 0.717) is 5.75 Å². The van der Waals surface area contributed by atoms with Crippen molar-refractivity contribution in [2.75, 3.05) is 5.32 Å². The van der Waals surface area contributed by atoms with Crippen molar-refractivity contribution in [3.8, 4) is 22.1 Å². The number of anilines is 1. The zero-order valence-corrected chi connectivity index (χ0v) is 17.5. The van der Waals surface area contributed by atoms with Gasteiger partial charge in [0.1, 0.15) is 11.5 Å². The number of hydrogen-bond acceptors (Lipinski definition) is 6. The van der Waals surface area contributed by atoms with Crippen molar-refractivity contribution in [1.82, 2.24) is 10.2 Å². The first-order valence-electron chi connectivity index (χ1n) is 9.33. The summed E-state index contributed by atoms with van der Waals surface area (Å²) in [6.07, 6.45) is 0. The molecule has 4 aromatic rings. The highest BCUT2D eigenvalue weighted by Gasteiger charge is 2.16. The van der Waals surface area contributed by atoms with Crippen LogP contribution in [0.1, 0.15) is 21.6 Å². The van der Waals surface area contributed by atoms with Crippen molar-refractivity contribution in [2.24, 2.45) is 0 Å². The number of carbonyl (C=O) groups is 1. The molecule has 0 radical (unpaired) electrons. The summed E-state index contributed by atoms with van der Waals surface area (Å²) in [6, 6.07) is 15.2. The molecule has 0 aliphatic carbocycles. The number of nitro groups is 1. The Morgan fingerprint density at radius 3 is 2.52 bits per heavy atom. The molecule has 156 valence electrons. The molecule has 9 heteroatoms. The van der Waals surface area contributed by atoms with Crippen molar-refractivity contribution in [3.05, 3.63) is 86.9 Å². The van der Waals surface area contributed by atoms with Crippen LogP contribution in [0, 0.1) is 24.0 Å². The number of non-ortho nitro benzene ring substituents is 1. The standard InChI is InChI=1S/C22H18N4O4S/c1-13-6-14(2)8-17(7-13)30-18-10-15(9-16(11-18)26(28)29)23-22(27)20-12-19(24-25-20)21-4-3-5-31-21/h3-12H,1-2H3,(H,23,27)(H,24,25). The lowest BCUT2D eigenvalue weighted by Crippen LogP contribution is -2.12. The number of aromatic amines is 1. The van der Waals surface area contributed by atoms with Gasteiger partial charge in [0, 0.05) is 12.1 Å². The van der Waals surface area contributed by atoms with Gasteiger partial charge in [-0.3, -0.25) is 20.0 Å². The molecule has 8 nitrogen and oxygen atoms in total. The summed E-state index contributed by atoms with van der Waals surface area (Å²) in [7, 11) is 0. The molecule has 2 heterocycles. The molecule has 0 aliphatic heterocycles. The number of aromatic nitrogens is 2. The van der Waals surface area contributed by atoms with E-state index in [2.05, 4.69) is 15.5 Å². The predicted molar refractivity (Wildman–Crippen MR) is 119 cm³/mol. The molecule has 31 heavy (non-hydrogen) atoms. The molecule has 0 fully saturated rings. The van der Waals surface area contributed by atoms with Crippen molar-refractivity contribution in [1.29, 1.82) is 0 Å². The van der Waals surface area contributed by atoms with Gasteiger partial charge in [0.05, 0.1) is 27.2 Å². The Morgan fingerprint density at radius 1 is 1.10 bits per heavy atom. The van der Waals surface area contributed by atoms with E-state index in [1.165, 1.54) is 29.5 Å². The number of nitro benzene ring substituents is 1. The Bertz CT molecular complexity index is 1240. The summed E-state index contributed by atoms with van der Waals surface area (Å²) < 4.78 is 5.84. The van der Waals surface area contributed by atoms with Gasteiger partial charge in [-0.05, 0) is 54.6 Å². The maximum absolute atomic E-state index is 12.6. The van der Waals surface area contributed by atoms with Gasteiger partial charge in [-0.15, -0.1) is 11.3 Å². The molecule has 4 rings (SSSR count). The number of carbonyl (C=O) groups excluding carboxylic acids is 1. The van der Waals surface area contributed by atoms with Crippen LogP contribution in [-0.4, -0.2) is 21.0 Å². The van der Waals surface area contributed by atoms with Crippen molar-refractivity contribution in [2.45, 2.75) is 13.8 Å². The highest BCUT2D eigenvalue weighted by atomic mass is 32.1. The summed E-state index contributed by atoms with van der Waals surface area (Å²) in [5.41, 5.74) is 2.95. The molecule has 2 aromatic carbocycles. The summed E-state index contributed by atoms with van der Waals surface area (Å²) in [5, 5.41) is 22.8. The molecule has 0 saturated heterocycles. The van der Waals surface area contributed by atoms with Gasteiger partial charge in [0.2, 0.25) is 0 Å². The molecular weight excluding hydrogens is 416 g/mol. The minimum atomic E-state index is -0.534. The Kier molecular flexibility index (Phi) is 5.50. The largest absolute Gasteiger partial charge is 0.457 e. The fourth-order valence-electron chi connectivity index (χ4n) is 3.14. The average molecular weight is 434 g/mol. The molecule has 0 aliphatic rings. The minimum absolute atomic E-state index is 0.173. The van der Waals surface area contributed by atoms with E-state index >= 15 is 0 Å². The lowest BCUT2D eigenvalue weighted by molar-refractivity contribution is -0.384. The molecule has 1 amide bonds. The minimum Gasteiger partial charge on any atom is -0.457 e. The molecule has 0 unspecified atom stereocenters. The second kappa shape index (κ2) is 8.41. The molecular formula is C22H18N4O4S. The van der Waals surface area contributed by atoms with E-state index in [1.54, 1.807) is 6.07 Å². The van der Waals surface area contributed by atoms with E-state index in [0.717, 1.165) is 21.7 Å². The van der Waals surface area contributed by atoms with Gasteiger partial charge in [-0.2, -0.15) is 5.10 Å². The molecule has 0 spiro atoms. The molecule has 2 aromatic heterocycles. The second-order valence-electron chi connectivity index (χ2n) is 7.00. The maximum Gasteiger partial charge on any atom is 0.276 e. The average Bonchev–Trinajstić information content (AvgIpc) is 3.39. The number of hydrogen-bond donors (Lipinski definition) is 2. The lowest BCUT2D eigenvalue weighted by Gasteiger charge is -2.10. The summed E-state index contributed by atoms with van der Waals surface area (Å²) >= 11 is 1.52. The summed E-state index contributed by atoms with van der Waals surface area (Å²) in [4.78, 5) is 24.4. The number of nitrogens with one attached hydrogen (secondary N) is 2. The highest BCUT2D eigenvalue weighted by Crippen LogP contribution is 2.31. The van der Waals surface area contributed by atoms with Crippen LogP contribution in [0.2, 0.25) is 0 Å². The number of thiophene rings is 1. The lowest BCUT2D eigenvalue weighted by atomic mass is 10.1. The van der Waals surface area contributed by atoms with Crippen LogP contribution in [0.15, 0.2) is 60.0 Å². The first-order valence-corrected chi connectivity index (χ1v) is 10.2. The zero-order valence-electron chi connectivity index (χ0n) is 16.7. The van der Waals surface area contributed by atoms with Gasteiger partial charge < -0.3 is 10.1 Å². The number of nitrogens with zero attached hydrogens (tertiary/aromatic N) is 2. The molecule has 0 atom stereocenters. The number of amides is 1. The summed E-state index contributed by atoms with van der Waals surface area (Å²) in [6.45, 7) is 3.88. The van der Waals surface area contributed by atoms with E-state index in [9.17, 15) is 14.9 Å². The van der Waals surface area contributed by atoms with E-state index < -0.39 is 10.8 Å². The van der Waals surface area contributed by atoms with Gasteiger partial charge in [-0.25, -0.2) is 0 Å². The van der Waals surface area contributed by atoms with Crippen LogP contribution in [0.4, 0.5) is 11.4 Å². The van der Waals surface area contributed by atoms with Crippen LogP contribution >= 0.6 is 11.3 Å². The molecule has 2 N–H and O–H groups in total. The third-order valence-corrected chi connectivity index (χ3v) is 5.29. The maximum atomic E-state index is 12.6. The number of H-pyrrole nitrogens is 1. The number of rotatable bonds is 6. The monoisotopic (exact) mass is 434 g/mol. The normalized spacial score (nSPS) is 10.6. The SMILES string of the molecule is Cc1cc(C)cc(Oc2cc(NC(=O)c3cc(-c4cccs4)[nH]n3)cc([N+](=O)[O-])c2)c1. The van der Waals surface area contributed by atoms with Crippen LogP contribution < -0.4 is 10.1 Å². The van der Waals surface area contributed by atoms with Gasteiger partial charge in [0.15, 0.2) is 5.69 Å². The van der Waals surface area contributed by atoms with E-state index in [4.69, 9.17) is 4.74 Å². The van der Waals surface area contributed by atoms with Gasteiger partial charge >= 0.3 is 0 Å². The van der Waals surface area contributed by atoms with E-state index in [1.807, 2.05) is 49.6 Å². The smallest absolute Gasteiger partial charge is 0.276 e. The van der Waals surface area contributed by atoms with Crippen LogP contribution in [0.5, 0.6) is 11.5 Å². The predicted octanol–water partition coefficient (Wildman–Crippen LogP) is 5.71. The zero-order chi connectivity index (χ0) is 22.0. The number of ether oxygens (including phenoxy) is 1. The van der Waals surface area contributed by atoms with Gasteiger partial charge in [0.25, 0.3) is 11.6 Å². The quantitative estimate of drug-likeness (QED) is 0.298. The van der Waals surface area contributed by atoms with Crippen molar-refractivity contribution in [3.63, 3.8) is 0 Å². The molecule has 0 bridgehead atoms. The number of benzene rings is 2. The van der Waals surface area contributed by atoms with Crippen LogP contribution in [-0.2, 0) is 0 Å². The Balaban J connectivity index is 1.58. The first kappa shape index (κ1) is 20.3. The first-order chi connectivity index (χ1) is 14.9. The van der Waals surface area contributed by atoms with Crippen molar-refractivity contribution < 1.29 is 14.5 Å².